The van der Waals surface area contributed by atoms with Crippen molar-refractivity contribution in [2.75, 3.05) is 6.54 Å². The van der Waals surface area contributed by atoms with Crippen molar-refractivity contribution in [3.63, 3.8) is 0 Å². The summed E-state index contributed by atoms with van der Waals surface area (Å²) >= 11 is 3.42. The fourth-order valence-electron chi connectivity index (χ4n) is 1.89. The van der Waals surface area contributed by atoms with E-state index in [1.807, 2.05) is 24.3 Å². The molecule has 24 heavy (non-hydrogen) atoms. The van der Waals surface area contributed by atoms with Crippen LogP contribution >= 0.6 is 15.9 Å². The number of aliphatic imine (C=N–C) groups is 1. The Labute approximate surface area is 147 Å². The Morgan fingerprint density at radius 2 is 1.83 bits per heavy atom. The van der Waals surface area contributed by atoms with Gasteiger partial charge in [-0.15, -0.1) is 0 Å². The maximum absolute atomic E-state index is 12.1. The zero-order valence-electron chi connectivity index (χ0n) is 12.6. The van der Waals surface area contributed by atoms with Crippen LogP contribution in [-0.2, 0) is 4.79 Å². The zero-order chi connectivity index (χ0) is 17.4. The summed E-state index contributed by atoms with van der Waals surface area (Å²) in [6.45, 7) is 0.0590. The predicted octanol–water partition coefficient (Wildman–Crippen LogP) is 3.27. The fourth-order valence-corrected chi connectivity index (χ4v) is 2.27. The summed E-state index contributed by atoms with van der Waals surface area (Å²) in [6, 6.07) is 14.4. The number of benzene rings is 2. The number of halogens is 1. The highest BCUT2D eigenvalue weighted by molar-refractivity contribution is 9.10. The minimum atomic E-state index is -0.614. The van der Waals surface area contributed by atoms with Crippen LogP contribution in [0.3, 0.4) is 0 Å². The first-order valence-electron chi connectivity index (χ1n) is 7.10. The Morgan fingerprint density at radius 3 is 2.50 bits per heavy atom. The lowest BCUT2D eigenvalue weighted by atomic mass is 10.1. The van der Waals surface area contributed by atoms with Crippen LogP contribution in [0, 0.1) is 0 Å². The lowest BCUT2D eigenvalue weighted by Gasteiger charge is -2.00. The molecule has 0 atom stereocenters. The van der Waals surface area contributed by atoms with Crippen molar-refractivity contribution in [3.05, 3.63) is 75.8 Å². The van der Waals surface area contributed by atoms with Gasteiger partial charge in [0.15, 0.2) is 5.78 Å². The van der Waals surface area contributed by atoms with E-state index in [1.165, 1.54) is 17.6 Å². The Morgan fingerprint density at radius 1 is 1.12 bits per heavy atom. The number of carbonyl (C=O) groups excluding carboxylic acids is 2. The van der Waals surface area contributed by atoms with E-state index >= 15 is 0 Å². The molecule has 0 saturated carbocycles. The molecule has 1 amide bonds. The normalized spacial score (nSPS) is 11.1. The Kier molecular flexibility index (Phi) is 6.60. The second-order valence-corrected chi connectivity index (χ2v) is 5.70. The lowest BCUT2D eigenvalue weighted by Crippen LogP contribution is -2.14. The van der Waals surface area contributed by atoms with E-state index in [-0.39, 0.29) is 12.3 Å². The molecule has 122 valence electrons. The largest absolute Gasteiger partial charge is 0.292 e. The molecule has 5 nitrogen and oxygen atoms in total. The SMILES string of the molecule is O=C(/C=C/c1ccc(C(=O)CN=Cc2ccccc2Br)cc1)NO. The van der Waals surface area contributed by atoms with Crippen LogP contribution in [0.1, 0.15) is 21.5 Å². The first kappa shape index (κ1) is 17.8. The van der Waals surface area contributed by atoms with Crippen molar-refractivity contribution in [1.29, 1.82) is 0 Å². The molecule has 0 aliphatic carbocycles. The van der Waals surface area contributed by atoms with Gasteiger partial charge in [0.1, 0.15) is 6.54 Å². The van der Waals surface area contributed by atoms with Crippen molar-refractivity contribution < 1.29 is 14.8 Å². The molecule has 0 saturated heterocycles. The van der Waals surface area contributed by atoms with E-state index in [9.17, 15) is 9.59 Å². The average molecular weight is 387 g/mol. The van der Waals surface area contributed by atoms with Crippen LogP contribution in [0.5, 0.6) is 0 Å². The maximum atomic E-state index is 12.1. The van der Waals surface area contributed by atoms with Gasteiger partial charge < -0.3 is 0 Å². The van der Waals surface area contributed by atoms with Crippen LogP contribution in [0.25, 0.3) is 6.08 Å². The van der Waals surface area contributed by atoms with E-state index in [0.717, 1.165) is 15.6 Å². The van der Waals surface area contributed by atoms with Gasteiger partial charge in [-0.25, -0.2) is 5.48 Å². The highest BCUT2D eigenvalue weighted by Crippen LogP contribution is 2.13. The van der Waals surface area contributed by atoms with Crippen molar-refractivity contribution >= 4 is 39.9 Å². The third kappa shape index (κ3) is 5.26. The average Bonchev–Trinajstić information content (AvgIpc) is 2.61. The van der Waals surface area contributed by atoms with Gasteiger partial charge in [0.2, 0.25) is 0 Å². The standard InChI is InChI=1S/C18H15BrN2O3/c19-16-4-2-1-3-15(16)11-20-12-17(22)14-8-5-13(6-9-14)7-10-18(23)21-24/h1-11,24H,12H2,(H,21,23)/b10-7+,20-11?. The molecule has 0 aromatic heterocycles. The van der Waals surface area contributed by atoms with Gasteiger partial charge in [-0.2, -0.15) is 0 Å². The van der Waals surface area contributed by atoms with Crippen molar-refractivity contribution in [2.45, 2.75) is 0 Å². The number of ketones is 1. The smallest absolute Gasteiger partial charge is 0.267 e. The molecule has 0 spiro atoms. The van der Waals surface area contributed by atoms with Crippen LogP contribution < -0.4 is 5.48 Å². The molecular weight excluding hydrogens is 372 g/mol. The topological polar surface area (TPSA) is 78.8 Å². The van der Waals surface area contributed by atoms with E-state index in [4.69, 9.17) is 5.21 Å². The molecule has 0 aliphatic rings. The molecule has 0 fully saturated rings. The van der Waals surface area contributed by atoms with Crippen molar-refractivity contribution in [1.82, 2.24) is 5.48 Å². The summed E-state index contributed by atoms with van der Waals surface area (Å²) < 4.78 is 0.921. The zero-order valence-corrected chi connectivity index (χ0v) is 14.2. The lowest BCUT2D eigenvalue weighted by molar-refractivity contribution is -0.124. The number of carbonyl (C=O) groups is 2. The predicted molar refractivity (Wildman–Crippen MR) is 96.3 cm³/mol. The van der Waals surface area contributed by atoms with Gasteiger partial charge in [-0.3, -0.25) is 19.8 Å². The van der Waals surface area contributed by atoms with E-state index in [1.54, 1.807) is 30.5 Å². The molecule has 0 radical (unpaired) electrons. The minimum Gasteiger partial charge on any atom is -0.292 e. The van der Waals surface area contributed by atoms with Crippen molar-refractivity contribution in [2.24, 2.45) is 4.99 Å². The molecule has 0 unspecified atom stereocenters. The number of amides is 1. The van der Waals surface area contributed by atoms with Gasteiger partial charge in [0.25, 0.3) is 5.91 Å². The van der Waals surface area contributed by atoms with E-state index < -0.39 is 5.91 Å². The van der Waals surface area contributed by atoms with E-state index in [2.05, 4.69) is 20.9 Å². The molecule has 0 aliphatic heterocycles. The van der Waals surface area contributed by atoms with Crippen molar-refractivity contribution in [3.8, 4) is 0 Å². The van der Waals surface area contributed by atoms with Crippen LogP contribution in [0.4, 0.5) is 0 Å². The van der Waals surface area contributed by atoms with Crippen LogP contribution in [-0.4, -0.2) is 29.7 Å². The number of hydroxylamine groups is 1. The summed E-state index contributed by atoms with van der Waals surface area (Å²) in [6.07, 6.45) is 4.39. The summed E-state index contributed by atoms with van der Waals surface area (Å²) in [7, 11) is 0. The summed E-state index contributed by atoms with van der Waals surface area (Å²) in [5, 5.41) is 8.40. The quantitative estimate of drug-likeness (QED) is 0.263. The molecule has 0 bridgehead atoms. The number of Topliss-reactive ketones (excluding diaryl/α,β-unsaturated/α-hetero) is 1. The molecule has 6 heteroatoms. The maximum Gasteiger partial charge on any atom is 0.267 e. The Bertz CT molecular complexity index is 783. The first-order valence-corrected chi connectivity index (χ1v) is 7.89. The number of hydrogen-bond acceptors (Lipinski definition) is 4. The monoisotopic (exact) mass is 386 g/mol. The Balaban J connectivity index is 1.96. The molecule has 2 rings (SSSR count). The summed E-state index contributed by atoms with van der Waals surface area (Å²) in [4.78, 5) is 27.2. The van der Waals surface area contributed by atoms with Gasteiger partial charge in [0.05, 0.1) is 0 Å². The number of rotatable bonds is 6. The second kappa shape index (κ2) is 8.90. The minimum absolute atomic E-state index is 0.0590. The van der Waals surface area contributed by atoms with E-state index in [0.29, 0.717) is 5.56 Å². The molecular formula is C18H15BrN2O3. The third-order valence-electron chi connectivity index (χ3n) is 3.14. The van der Waals surface area contributed by atoms with Gasteiger partial charge >= 0.3 is 0 Å². The van der Waals surface area contributed by atoms with Gasteiger partial charge in [-0.05, 0) is 17.7 Å². The third-order valence-corrected chi connectivity index (χ3v) is 3.86. The first-order chi connectivity index (χ1) is 11.6. The highest BCUT2D eigenvalue weighted by Gasteiger charge is 2.04. The molecule has 2 aromatic carbocycles. The summed E-state index contributed by atoms with van der Waals surface area (Å²) in [5.41, 5.74) is 3.70. The molecule has 2 N–H and O–H groups in total. The Hall–Kier alpha value is -2.57. The number of nitrogens with one attached hydrogen (secondary N) is 1. The highest BCUT2D eigenvalue weighted by atomic mass is 79.9. The van der Waals surface area contributed by atoms with Crippen LogP contribution in [0.15, 0.2) is 64.1 Å². The fraction of sp³-hybridized carbons (Fsp3) is 0.0556. The number of hydrogen-bond donors (Lipinski definition) is 2. The molecule has 2 aromatic rings. The summed E-state index contributed by atoms with van der Waals surface area (Å²) in [5.74, 6) is -0.710. The van der Waals surface area contributed by atoms with Gasteiger partial charge in [-0.1, -0.05) is 58.4 Å². The van der Waals surface area contributed by atoms with Gasteiger partial charge in [0, 0.05) is 27.9 Å². The second-order valence-electron chi connectivity index (χ2n) is 4.85. The number of nitrogens with zero attached hydrogens (tertiary/aromatic N) is 1. The molecule has 0 heterocycles. The van der Waals surface area contributed by atoms with Crippen LogP contribution in [0.2, 0.25) is 0 Å².